The highest BCUT2D eigenvalue weighted by Crippen LogP contribution is 2.34. The molecule has 31 heavy (non-hydrogen) atoms. The third-order valence-electron chi connectivity index (χ3n) is 4.76. The quantitative estimate of drug-likeness (QED) is 0.264. The molecule has 7 heteroatoms. The van der Waals surface area contributed by atoms with E-state index in [0.717, 1.165) is 21.9 Å². The van der Waals surface area contributed by atoms with E-state index in [0.29, 0.717) is 20.7 Å². The second kappa shape index (κ2) is 9.41. The number of benzene rings is 3. The van der Waals surface area contributed by atoms with E-state index in [-0.39, 0.29) is 17.4 Å². The zero-order valence-electron chi connectivity index (χ0n) is 16.6. The van der Waals surface area contributed by atoms with Crippen molar-refractivity contribution >= 4 is 55.8 Å². The molecule has 0 saturated carbocycles. The van der Waals surface area contributed by atoms with Gasteiger partial charge in [0.25, 0.3) is 0 Å². The van der Waals surface area contributed by atoms with Crippen LogP contribution in [0, 0.1) is 0 Å². The monoisotopic (exact) mass is 491 g/mol. The Bertz CT molecular complexity index is 1290. The molecule has 154 valence electrons. The van der Waals surface area contributed by atoms with E-state index >= 15 is 0 Å². The number of ketones is 1. The van der Waals surface area contributed by atoms with Crippen LogP contribution in [0.5, 0.6) is 0 Å². The molecule has 0 fully saturated rings. The first-order chi connectivity index (χ1) is 15.0. The van der Waals surface area contributed by atoms with Crippen LogP contribution >= 0.6 is 27.7 Å². The standard InChI is InChI=1S/C24H18BrN3O2S/c1-15(29)17-9-10-22(21(25)13-17)27-23(30)14-31-24-20(11-12-26-28-24)19-8-4-6-16-5-2-3-7-18(16)19/h2-13H,14H2,1H3,(H,27,30). The van der Waals surface area contributed by atoms with Gasteiger partial charge in [-0.3, -0.25) is 9.59 Å². The Morgan fingerprint density at radius 1 is 1.00 bits per heavy atom. The summed E-state index contributed by atoms with van der Waals surface area (Å²) in [4.78, 5) is 24.0. The SMILES string of the molecule is CC(=O)c1ccc(NC(=O)CSc2nnccc2-c2cccc3ccccc23)c(Br)c1. The van der Waals surface area contributed by atoms with Crippen molar-refractivity contribution in [2.75, 3.05) is 11.1 Å². The lowest BCUT2D eigenvalue weighted by Crippen LogP contribution is -2.15. The number of thioether (sulfide) groups is 1. The van der Waals surface area contributed by atoms with Crippen LogP contribution in [0.3, 0.4) is 0 Å². The molecule has 3 aromatic carbocycles. The van der Waals surface area contributed by atoms with Crippen LogP contribution < -0.4 is 5.32 Å². The van der Waals surface area contributed by atoms with Gasteiger partial charge in [0.2, 0.25) is 5.91 Å². The lowest BCUT2D eigenvalue weighted by molar-refractivity contribution is -0.113. The molecule has 0 atom stereocenters. The molecule has 0 unspecified atom stereocenters. The van der Waals surface area contributed by atoms with Crippen LogP contribution in [-0.2, 0) is 4.79 Å². The fraction of sp³-hybridized carbons (Fsp3) is 0.0833. The molecule has 0 aliphatic carbocycles. The molecule has 0 radical (unpaired) electrons. The van der Waals surface area contributed by atoms with Crippen LogP contribution in [0.1, 0.15) is 17.3 Å². The van der Waals surface area contributed by atoms with E-state index in [2.05, 4.69) is 55.7 Å². The summed E-state index contributed by atoms with van der Waals surface area (Å²) in [5, 5.41) is 14.1. The summed E-state index contributed by atoms with van der Waals surface area (Å²) in [7, 11) is 0. The summed E-state index contributed by atoms with van der Waals surface area (Å²) in [6.07, 6.45) is 1.66. The van der Waals surface area contributed by atoms with Gasteiger partial charge in [-0.15, -0.1) is 5.10 Å². The van der Waals surface area contributed by atoms with Gasteiger partial charge in [0.15, 0.2) is 5.78 Å². The molecule has 1 N–H and O–H groups in total. The lowest BCUT2D eigenvalue weighted by atomic mass is 10.00. The minimum absolute atomic E-state index is 0.0299. The first-order valence-corrected chi connectivity index (χ1v) is 11.3. The van der Waals surface area contributed by atoms with Crippen LogP contribution in [0.25, 0.3) is 21.9 Å². The van der Waals surface area contributed by atoms with Gasteiger partial charge in [-0.1, -0.05) is 54.2 Å². The summed E-state index contributed by atoms with van der Waals surface area (Å²) >= 11 is 4.75. The van der Waals surface area contributed by atoms with Gasteiger partial charge in [0, 0.05) is 15.6 Å². The van der Waals surface area contributed by atoms with Crippen molar-refractivity contribution < 1.29 is 9.59 Å². The van der Waals surface area contributed by atoms with Crippen molar-refractivity contribution in [3.05, 3.63) is 83.0 Å². The van der Waals surface area contributed by atoms with E-state index < -0.39 is 0 Å². The van der Waals surface area contributed by atoms with Crippen molar-refractivity contribution in [2.24, 2.45) is 0 Å². The highest BCUT2D eigenvalue weighted by atomic mass is 79.9. The minimum atomic E-state index is -0.171. The van der Waals surface area contributed by atoms with Gasteiger partial charge in [-0.05, 0) is 63.5 Å². The van der Waals surface area contributed by atoms with Crippen LogP contribution in [0.4, 0.5) is 5.69 Å². The van der Waals surface area contributed by atoms with Crippen LogP contribution in [0.15, 0.2) is 82.4 Å². The van der Waals surface area contributed by atoms with Crippen molar-refractivity contribution in [2.45, 2.75) is 11.9 Å². The molecule has 4 rings (SSSR count). The van der Waals surface area contributed by atoms with Gasteiger partial charge in [0.05, 0.1) is 17.6 Å². The van der Waals surface area contributed by atoms with Gasteiger partial charge in [0.1, 0.15) is 5.03 Å². The number of nitrogens with one attached hydrogen (secondary N) is 1. The summed E-state index contributed by atoms with van der Waals surface area (Å²) < 4.78 is 0.662. The maximum absolute atomic E-state index is 12.5. The van der Waals surface area contributed by atoms with Crippen molar-refractivity contribution in [3.8, 4) is 11.1 Å². The Labute approximate surface area is 192 Å². The predicted molar refractivity (Wildman–Crippen MR) is 128 cm³/mol. The van der Waals surface area contributed by atoms with Gasteiger partial charge >= 0.3 is 0 Å². The third kappa shape index (κ3) is 4.84. The number of carbonyl (C=O) groups is 2. The number of aromatic nitrogens is 2. The number of hydrogen-bond donors (Lipinski definition) is 1. The number of nitrogens with zero attached hydrogens (tertiary/aromatic N) is 2. The molecule has 1 aromatic heterocycles. The maximum atomic E-state index is 12.5. The average molecular weight is 492 g/mol. The number of Topliss-reactive ketones (excluding diaryl/α,β-unsaturated/α-hetero) is 1. The first kappa shape index (κ1) is 21.2. The largest absolute Gasteiger partial charge is 0.324 e. The number of halogens is 1. The van der Waals surface area contributed by atoms with Gasteiger partial charge < -0.3 is 5.32 Å². The molecular weight excluding hydrogens is 474 g/mol. The maximum Gasteiger partial charge on any atom is 0.234 e. The smallest absolute Gasteiger partial charge is 0.234 e. The highest BCUT2D eigenvalue weighted by molar-refractivity contribution is 9.10. The van der Waals surface area contributed by atoms with Gasteiger partial charge in [-0.25, -0.2) is 0 Å². The Morgan fingerprint density at radius 2 is 1.81 bits per heavy atom. The number of hydrogen-bond acceptors (Lipinski definition) is 5. The Morgan fingerprint density at radius 3 is 2.61 bits per heavy atom. The molecule has 1 amide bonds. The van der Waals surface area contributed by atoms with E-state index in [9.17, 15) is 9.59 Å². The fourth-order valence-corrected chi connectivity index (χ4v) is 4.50. The molecule has 0 aliphatic rings. The zero-order valence-corrected chi connectivity index (χ0v) is 19.0. The second-order valence-corrected chi connectivity index (χ2v) is 8.68. The Hall–Kier alpha value is -3.03. The topological polar surface area (TPSA) is 72.0 Å². The summed E-state index contributed by atoms with van der Waals surface area (Å²) in [6.45, 7) is 1.51. The van der Waals surface area contributed by atoms with Crippen molar-refractivity contribution in [1.29, 1.82) is 0 Å². The molecule has 0 aliphatic heterocycles. The highest BCUT2D eigenvalue weighted by Gasteiger charge is 2.14. The molecule has 5 nitrogen and oxygen atoms in total. The number of rotatable bonds is 6. The molecule has 0 saturated heterocycles. The van der Waals surface area contributed by atoms with Crippen LogP contribution in [-0.4, -0.2) is 27.6 Å². The van der Waals surface area contributed by atoms with Crippen molar-refractivity contribution in [3.63, 3.8) is 0 Å². The number of anilines is 1. The fourth-order valence-electron chi connectivity index (χ4n) is 3.25. The number of carbonyl (C=O) groups excluding carboxylic acids is 2. The summed E-state index contributed by atoms with van der Waals surface area (Å²) in [6, 6.07) is 21.3. The van der Waals surface area contributed by atoms with Crippen molar-refractivity contribution in [1.82, 2.24) is 10.2 Å². The van der Waals surface area contributed by atoms with Gasteiger partial charge in [-0.2, -0.15) is 5.10 Å². The van der Waals surface area contributed by atoms with Crippen LogP contribution in [0.2, 0.25) is 0 Å². The lowest BCUT2D eigenvalue weighted by Gasteiger charge is -2.11. The number of fused-ring (bicyclic) bond motifs is 1. The Balaban J connectivity index is 1.52. The molecule has 0 bridgehead atoms. The molecular formula is C24H18BrN3O2S. The van der Waals surface area contributed by atoms with E-state index in [4.69, 9.17) is 0 Å². The van der Waals surface area contributed by atoms with E-state index in [1.54, 1.807) is 24.4 Å². The first-order valence-electron chi connectivity index (χ1n) is 9.56. The van der Waals surface area contributed by atoms with E-state index in [1.807, 2.05) is 24.3 Å². The predicted octanol–water partition coefficient (Wildman–Crippen LogP) is 5.99. The minimum Gasteiger partial charge on any atom is -0.324 e. The normalized spacial score (nSPS) is 10.8. The summed E-state index contributed by atoms with van der Waals surface area (Å²) in [5.74, 6) is -0.0225. The second-order valence-electron chi connectivity index (χ2n) is 6.86. The third-order valence-corrected chi connectivity index (χ3v) is 6.39. The summed E-state index contributed by atoms with van der Waals surface area (Å²) in [5.41, 5.74) is 3.19. The van der Waals surface area contributed by atoms with E-state index in [1.165, 1.54) is 18.7 Å². The molecule has 0 spiro atoms. The zero-order chi connectivity index (χ0) is 21.8. The number of amides is 1. The average Bonchev–Trinajstić information content (AvgIpc) is 2.79. The molecule has 1 heterocycles. The Kier molecular flexibility index (Phi) is 6.44. The molecule has 4 aromatic rings.